The van der Waals surface area contributed by atoms with E-state index in [2.05, 4.69) is 34.3 Å². The lowest BCUT2D eigenvalue weighted by atomic mass is 10.1. The van der Waals surface area contributed by atoms with Crippen molar-refractivity contribution in [3.05, 3.63) is 41.8 Å². The van der Waals surface area contributed by atoms with E-state index in [0.29, 0.717) is 30.7 Å². The average Bonchev–Trinajstić information content (AvgIpc) is 2.95. The molecule has 2 aromatic rings. The largest absolute Gasteiger partial charge is 0.343 e. The zero-order valence-electron chi connectivity index (χ0n) is 14.7. The predicted octanol–water partition coefficient (Wildman–Crippen LogP) is 1.97. The van der Waals surface area contributed by atoms with Gasteiger partial charge >= 0.3 is 0 Å². The maximum Gasteiger partial charge on any atom is 0.248 e. The summed E-state index contributed by atoms with van der Waals surface area (Å²) >= 11 is 0. The van der Waals surface area contributed by atoms with Crippen molar-refractivity contribution >= 4 is 5.91 Å². The Hall–Kier alpha value is -2.28. The number of carbonyl (C=O) groups is 1. The number of likely N-dealkylation sites (N-methyl/N-ethyl adjacent to an activating group) is 1. The van der Waals surface area contributed by atoms with Gasteiger partial charge in [0.1, 0.15) is 6.04 Å². The second kappa shape index (κ2) is 8.54. The Morgan fingerprint density at radius 1 is 1.29 bits per heavy atom. The number of hydrogen-bond donors (Lipinski definition) is 1. The molecule has 0 aliphatic carbocycles. The molecular formula is C17H25N5O2. The van der Waals surface area contributed by atoms with Gasteiger partial charge in [-0.2, -0.15) is 4.98 Å². The monoisotopic (exact) mass is 331 g/mol. The van der Waals surface area contributed by atoms with Crippen LogP contribution in [0.3, 0.4) is 0 Å². The standard InChI is InChI=1S/C17H25N5O2/c1-12(2)9-15-20-17(24-21-15)13(3)19-16(23)11-22(4)10-14-5-7-18-8-6-14/h5-8,12-13H,9-11H2,1-4H3,(H,19,23)/t13-/m0/s1. The van der Waals surface area contributed by atoms with Crippen LogP contribution in [0.5, 0.6) is 0 Å². The number of nitrogens with one attached hydrogen (secondary N) is 1. The fraction of sp³-hybridized carbons (Fsp3) is 0.529. The van der Waals surface area contributed by atoms with Gasteiger partial charge in [-0.15, -0.1) is 0 Å². The molecule has 0 saturated heterocycles. The van der Waals surface area contributed by atoms with E-state index in [1.54, 1.807) is 12.4 Å². The number of rotatable bonds is 8. The zero-order chi connectivity index (χ0) is 17.5. The first-order valence-corrected chi connectivity index (χ1v) is 8.13. The van der Waals surface area contributed by atoms with Crippen LogP contribution in [0, 0.1) is 5.92 Å². The Morgan fingerprint density at radius 2 is 2.00 bits per heavy atom. The Kier molecular flexibility index (Phi) is 6.43. The molecule has 0 fully saturated rings. The highest BCUT2D eigenvalue weighted by atomic mass is 16.5. The van der Waals surface area contributed by atoms with Crippen molar-refractivity contribution < 1.29 is 9.32 Å². The van der Waals surface area contributed by atoms with Gasteiger partial charge in [-0.3, -0.25) is 14.7 Å². The van der Waals surface area contributed by atoms with Gasteiger partial charge < -0.3 is 9.84 Å². The van der Waals surface area contributed by atoms with Crippen LogP contribution in [-0.4, -0.2) is 39.5 Å². The molecule has 2 rings (SSSR count). The maximum absolute atomic E-state index is 12.2. The summed E-state index contributed by atoms with van der Waals surface area (Å²) in [7, 11) is 1.90. The second-order valence-corrected chi connectivity index (χ2v) is 6.46. The van der Waals surface area contributed by atoms with Crippen LogP contribution in [-0.2, 0) is 17.8 Å². The number of hydrogen-bond acceptors (Lipinski definition) is 6. The molecule has 0 spiro atoms. The van der Waals surface area contributed by atoms with Crippen molar-refractivity contribution in [3.8, 4) is 0 Å². The molecular weight excluding hydrogens is 306 g/mol. The fourth-order valence-corrected chi connectivity index (χ4v) is 2.34. The van der Waals surface area contributed by atoms with Crippen LogP contribution in [0.1, 0.15) is 44.1 Å². The van der Waals surface area contributed by atoms with Crippen molar-refractivity contribution in [2.45, 2.75) is 39.8 Å². The highest BCUT2D eigenvalue weighted by Gasteiger charge is 2.17. The van der Waals surface area contributed by atoms with Crippen molar-refractivity contribution in [2.75, 3.05) is 13.6 Å². The van der Waals surface area contributed by atoms with E-state index < -0.39 is 0 Å². The van der Waals surface area contributed by atoms with Gasteiger partial charge in [-0.25, -0.2) is 0 Å². The van der Waals surface area contributed by atoms with Crippen LogP contribution in [0.15, 0.2) is 29.0 Å². The van der Waals surface area contributed by atoms with Gasteiger partial charge in [0.05, 0.1) is 6.54 Å². The molecule has 0 saturated carbocycles. The molecule has 2 aromatic heterocycles. The Bertz CT molecular complexity index is 641. The van der Waals surface area contributed by atoms with Gasteiger partial charge in [-0.1, -0.05) is 19.0 Å². The SMILES string of the molecule is CC(C)Cc1noc([C@H](C)NC(=O)CN(C)Cc2ccncc2)n1. The predicted molar refractivity (Wildman–Crippen MR) is 90.0 cm³/mol. The van der Waals surface area contributed by atoms with Crippen LogP contribution in [0.4, 0.5) is 0 Å². The van der Waals surface area contributed by atoms with E-state index in [9.17, 15) is 4.79 Å². The van der Waals surface area contributed by atoms with E-state index in [0.717, 1.165) is 12.0 Å². The summed E-state index contributed by atoms with van der Waals surface area (Å²) in [6.07, 6.45) is 4.25. The van der Waals surface area contributed by atoms with E-state index in [-0.39, 0.29) is 11.9 Å². The summed E-state index contributed by atoms with van der Waals surface area (Å²) in [6.45, 7) is 7.01. The molecule has 0 aromatic carbocycles. The molecule has 0 unspecified atom stereocenters. The summed E-state index contributed by atoms with van der Waals surface area (Å²) in [4.78, 5) is 22.4. The summed E-state index contributed by atoms with van der Waals surface area (Å²) in [5, 5.41) is 6.84. The molecule has 1 atom stereocenters. The van der Waals surface area contributed by atoms with Crippen molar-refractivity contribution in [2.24, 2.45) is 5.92 Å². The van der Waals surface area contributed by atoms with Gasteiger partial charge in [-0.05, 0) is 37.6 Å². The van der Waals surface area contributed by atoms with Gasteiger partial charge in [0.25, 0.3) is 0 Å². The summed E-state index contributed by atoms with van der Waals surface area (Å²) < 4.78 is 5.23. The van der Waals surface area contributed by atoms with E-state index >= 15 is 0 Å². The minimum atomic E-state index is -0.305. The molecule has 0 radical (unpaired) electrons. The highest BCUT2D eigenvalue weighted by molar-refractivity contribution is 5.78. The highest BCUT2D eigenvalue weighted by Crippen LogP contribution is 2.12. The van der Waals surface area contributed by atoms with E-state index in [4.69, 9.17) is 4.52 Å². The molecule has 7 heteroatoms. The lowest BCUT2D eigenvalue weighted by Gasteiger charge is -2.17. The summed E-state index contributed by atoms with van der Waals surface area (Å²) in [5.41, 5.74) is 1.11. The molecule has 0 bridgehead atoms. The molecule has 130 valence electrons. The molecule has 0 aliphatic rings. The molecule has 24 heavy (non-hydrogen) atoms. The smallest absolute Gasteiger partial charge is 0.248 e. The number of nitrogens with zero attached hydrogens (tertiary/aromatic N) is 4. The third-order valence-electron chi connectivity index (χ3n) is 3.44. The first kappa shape index (κ1) is 18.1. The molecule has 1 amide bonds. The average molecular weight is 331 g/mol. The minimum Gasteiger partial charge on any atom is -0.343 e. The molecule has 1 N–H and O–H groups in total. The molecule has 7 nitrogen and oxygen atoms in total. The Balaban J connectivity index is 1.81. The van der Waals surface area contributed by atoms with Crippen molar-refractivity contribution in [3.63, 3.8) is 0 Å². The Labute approximate surface area is 142 Å². The lowest BCUT2D eigenvalue weighted by Crippen LogP contribution is -2.36. The van der Waals surface area contributed by atoms with Crippen LogP contribution >= 0.6 is 0 Å². The number of carbonyl (C=O) groups excluding carboxylic acids is 1. The second-order valence-electron chi connectivity index (χ2n) is 6.46. The van der Waals surface area contributed by atoms with Crippen LogP contribution < -0.4 is 5.32 Å². The summed E-state index contributed by atoms with van der Waals surface area (Å²) in [6, 6.07) is 3.57. The van der Waals surface area contributed by atoms with Crippen LogP contribution in [0.25, 0.3) is 0 Å². The molecule has 0 aliphatic heterocycles. The zero-order valence-corrected chi connectivity index (χ0v) is 14.7. The van der Waals surface area contributed by atoms with Crippen molar-refractivity contribution in [1.82, 2.24) is 25.3 Å². The number of aromatic nitrogens is 3. The van der Waals surface area contributed by atoms with E-state index in [1.165, 1.54) is 0 Å². The summed E-state index contributed by atoms with van der Waals surface area (Å²) in [5.74, 6) is 1.50. The van der Waals surface area contributed by atoms with Gasteiger partial charge in [0, 0.05) is 25.4 Å². The third kappa shape index (κ3) is 5.73. The number of pyridine rings is 1. The van der Waals surface area contributed by atoms with Crippen molar-refractivity contribution in [1.29, 1.82) is 0 Å². The van der Waals surface area contributed by atoms with E-state index in [1.807, 2.05) is 31.0 Å². The van der Waals surface area contributed by atoms with Crippen LogP contribution in [0.2, 0.25) is 0 Å². The Morgan fingerprint density at radius 3 is 2.67 bits per heavy atom. The quantitative estimate of drug-likeness (QED) is 0.796. The minimum absolute atomic E-state index is 0.0809. The maximum atomic E-state index is 12.2. The normalized spacial score (nSPS) is 12.6. The first-order valence-electron chi connectivity index (χ1n) is 8.13. The lowest BCUT2D eigenvalue weighted by molar-refractivity contribution is -0.122. The molecule has 2 heterocycles. The third-order valence-corrected chi connectivity index (χ3v) is 3.44. The van der Waals surface area contributed by atoms with Gasteiger partial charge in [0.15, 0.2) is 5.82 Å². The fourth-order valence-electron chi connectivity index (χ4n) is 2.34. The first-order chi connectivity index (χ1) is 11.4. The topological polar surface area (TPSA) is 84.2 Å². The number of amides is 1. The van der Waals surface area contributed by atoms with Gasteiger partial charge in [0.2, 0.25) is 11.8 Å².